The average Bonchev–Trinajstić information content (AvgIpc) is 2.34. The van der Waals surface area contributed by atoms with Crippen LogP contribution in [0.4, 0.5) is 4.39 Å². The molecule has 0 unspecified atom stereocenters. The second-order valence-corrected chi connectivity index (χ2v) is 6.55. The van der Waals surface area contributed by atoms with Crippen molar-refractivity contribution in [3.63, 3.8) is 0 Å². The number of likely N-dealkylation sites (tertiary alicyclic amines) is 1. The van der Waals surface area contributed by atoms with Gasteiger partial charge in [0.1, 0.15) is 10.8 Å². The smallest absolute Gasteiger partial charge is 0.127 e. The maximum Gasteiger partial charge on any atom is 0.127 e. The summed E-state index contributed by atoms with van der Waals surface area (Å²) in [5.41, 5.74) is 7.43. The summed E-state index contributed by atoms with van der Waals surface area (Å²) < 4.78 is 13.8. The van der Waals surface area contributed by atoms with E-state index in [1.165, 1.54) is 6.07 Å². The highest BCUT2D eigenvalue weighted by atomic mass is 32.1. The van der Waals surface area contributed by atoms with E-state index in [1.807, 2.05) is 0 Å². The highest BCUT2D eigenvalue weighted by molar-refractivity contribution is 7.80. The molecule has 4 heteroatoms. The van der Waals surface area contributed by atoms with Crippen LogP contribution in [0.25, 0.3) is 0 Å². The summed E-state index contributed by atoms with van der Waals surface area (Å²) in [4.78, 5) is 2.62. The van der Waals surface area contributed by atoms with Crippen molar-refractivity contribution in [2.45, 2.75) is 33.2 Å². The zero-order valence-electron chi connectivity index (χ0n) is 11.6. The molecule has 2 N–H and O–H groups in total. The lowest BCUT2D eigenvalue weighted by Gasteiger charge is -2.37. The first-order valence-electron chi connectivity index (χ1n) is 6.68. The Hall–Kier alpha value is -1.00. The first kappa shape index (κ1) is 14.4. The van der Waals surface area contributed by atoms with Crippen LogP contribution in [-0.2, 0) is 6.54 Å². The summed E-state index contributed by atoms with van der Waals surface area (Å²) in [5.74, 6) is -0.176. The van der Waals surface area contributed by atoms with Crippen molar-refractivity contribution in [3.8, 4) is 0 Å². The minimum absolute atomic E-state index is 0.176. The molecular weight excluding hydrogens is 259 g/mol. The predicted molar refractivity (Wildman–Crippen MR) is 80.6 cm³/mol. The Morgan fingerprint density at radius 1 is 1.37 bits per heavy atom. The van der Waals surface area contributed by atoms with Crippen LogP contribution in [0.2, 0.25) is 0 Å². The molecule has 0 amide bonds. The highest BCUT2D eigenvalue weighted by Gasteiger charge is 2.25. The number of benzene rings is 1. The molecule has 104 valence electrons. The van der Waals surface area contributed by atoms with E-state index in [2.05, 4.69) is 18.7 Å². The van der Waals surface area contributed by atoms with Crippen molar-refractivity contribution in [3.05, 3.63) is 35.1 Å². The van der Waals surface area contributed by atoms with E-state index in [4.69, 9.17) is 18.0 Å². The molecule has 0 atom stereocenters. The quantitative estimate of drug-likeness (QED) is 0.863. The molecule has 2 nitrogen and oxygen atoms in total. The Morgan fingerprint density at radius 2 is 2.00 bits per heavy atom. The number of thiocarbonyl (C=S) groups is 1. The zero-order valence-corrected chi connectivity index (χ0v) is 12.4. The van der Waals surface area contributed by atoms with Crippen LogP contribution in [0.15, 0.2) is 18.2 Å². The van der Waals surface area contributed by atoms with Gasteiger partial charge in [0.05, 0.1) is 0 Å². The second-order valence-electron chi connectivity index (χ2n) is 6.11. The SMILES string of the molecule is CC1(C)CCN(Cc2cc(C(N)=S)ccc2F)CC1. The van der Waals surface area contributed by atoms with Gasteiger partial charge in [0.2, 0.25) is 0 Å². The summed E-state index contributed by atoms with van der Waals surface area (Å²) >= 11 is 4.94. The Kier molecular flexibility index (Phi) is 4.21. The molecule has 0 aliphatic carbocycles. The van der Waals surface area contributed by atoms with Crippen LogP contribution in [0.3, 0.4) is 0 Å². The van der Waals surface area contributed by atoms with Crippen LogP contribution >= 0.6 is 12.2 Å². The van der Waals surface area contributed by atoms with Gasteiger partial charge in [0.25, 0.3) is 0 Å². The van der Waals surface area contributed by atoms with Crippen molar-refractivity contribution in [2.24, 2.45) is 11.1 Å². The van der Waals surface area contributed by atoms with Gasteiger partial charge in [-0.05, 0) is 49.5 Å². The normalized spacial score (nSPS) is 19.3. The van der Waals surface area contributed by atoms with Crippen molar-refractivity contribution in [1.29, 1.82) is 0 Å². The van der Waals surface area contributed by atoms with E-state index in [-0.39, 0.29) is 5.82 Å². The van der Waals surface area contributed by atoms with Gasteiger partial charge in [-0.1, -0.05) is 26.1 Å². The van der Waals surface area contributed by atoms with Crippen molar-refractivity contribution < 1.29 is 4.39 Å². The van der Waals surface area contributed by atoms with Crippen molar-refractivity contribution in [2.75, 3.05) is 13.1 Å². The minimum Gasteiger partial charge on any atom is -0.389 e. The Labute approximate surface area is 119 Å². The molecule has 0 saturated carbocycles. The van der Waals surface area contributed by atoms with Crippen LogP contribution < -0.4 is 5.73 Å². The summed E-state index contributed by atoms with van der Waals surface area (Å²) in [5, 5.41) is 0. The molecule has 0 aromatic heterocycles. The van der Waals surface area contributed by atoms with Gasteiger partial charge in [0, 0.05) is 17.7 Å². The van der Waals surface area contributed by atoms with Crippen molar-refractivity contribution in [1.82, 2.24) is 4.90 Å². The lowest BCUT2D eigenvalue weighted by Crippen LogP contribution is -2.37. The zero-order chi connectivity index (χ0) is 14.0. The molecule has 1 aromatic carbocycles. The number of nitrogens with zero attached hydrogens (tertiary/aromatic N) is 1. The molecule has 0 radical (unpaired) electrons. The van der Waals surface area contributed by atoms with Crippen LogP contribution in [0.1, 0.15) is 37.8 Å². The second kappa shape index (κ2) is 5.55. The molecule has 1 fully saturated rings. The molecule has 1 heterocycles. The van der Waals surface area contributed by atoms with Gasteiger partial charge >= 0.3 is 0 Å². The third-order valence-corrected chi connectivity index (χ3v) is 4.17. The lowest BCUT2D eigenvalue weighted by molar-refractivity contribution is 0.126. The molecule has 19 heavy (non-hydrogen) atoms. The summed E-state index contributed by atoms with van der Waals surface area (Å²) in [7, 11) is 0. The van der Waals surface area contributed by atoms with E-state index >= 15 is 0 Å². The summed E-state index contributed by atoms with van der Waals surface area (Å²) in [6.45, 7) is 7.25. The van der Waals surface area contributed by atoms with Gasteiger partial charge < -0.3 is 5.73 Å². The Bertz CT molecular complexity index is 475. The van der Waals surface area contributed by atoms with Crippen LogP contribution in [0, 0.1) is 11.2 Å². The number of nitrogens with two attached hydrogens (primary N) is 1. The fourth-order valence-electron chi connectivity index (χ4n) is 2.41. The van der Waals surface area contributed by atoms with E-state index in [1.54, 1.807) is 12.1 Å². The third kappa shape index (κ3) is 3.74. The molecule has 1 aliphatic heterocycles. The maximum absolute atomic E-state index is 13.8. The molecule has 1 aliphatic rings. The van der Waals surface area contributed by atoms with Crippen LogP contribution in [-0.4, -0.2) is 23.0 Å². The first-order chi connectivity index (χ1) is 8.87. The van der Waals surface area contributed by atoms with Gasteiger partial charge in [0.15, 0.2) is 0 Å². The topological polar surface area (TPSA) is 29.3 Å². The molecule has 1 aromatic rings. The molecule has 1 saturated heterocycles. The van der Waals surface area contributed by atoms with Gasteiger partial charge in [-0.3, -0.25) is 4.90 Å². The van der Waals surface area contributed by atoms with E-state index in [9.17, 15) is 4.39 Å². The standard InChI is InChI=1S/C15H21FN2S/c1-15(2)5-7-18(8-6-15)10-12-9-11(14(17)19)3-4-13(12)16/h3-4,9H,5-8,10H2,1-2H3,(H2,17,19). The summed E-state index contributed by atoms with van der Waals surface area (Å²) in [6.07, 6.45) is 2.31. The van der Waals surface area contributed by atoms with E-state index < -0.39 is 0 Å². The van der Waals surface area contributed by atoms with Gasteiger partial charge in [-0.15, -0.1) is 0 Å². The molecular formula is C15H21FN2S. The lowest BCUT2D eigenvalue weighted by atomic mass is 9.82. The van der Waals surface area contributed by atoms with Gasteiger partial charge in [-0.25, -0.2) is 4.39 Å². The predicted octanol–water partition coefficient (Wildman–Crippen LogP) is 3.08. The van der Waals surface area contributed by atoms with Crippen molar-refractivity contribution >= 4 is 17.2 Å². The molecule has 0 bridgehead atoms. The fourth-order valence-corrected chi connectivity index (χ4v) is 2.53. The Balaban J connectivity index is 2.07. The largest absolute Gasteiger partial charge is 0.389 e. The van der Waals surface area contributed by atoms with E-state index in [0.29, 0.717) is 22.5 Å². The highest BCUT2D eigenvalue weighted by Crippen LogP contribution is 2.30. The minimum atomic E-state index is -0.176. The molecule has 0 spiro atoms. The van der Waals surface area contributed by atoms with E-state index in [0.717, 1.165) is 31.5 Å². The number of piperidine rings is 1. The third-order valence-electron chi connectivity index (χ3n) is 3.93. The number of hydrogen-bond donors (Lipinski definition) is 1. The van der Waals surface area contributed by atoms with Crippen LogP contribution in [0.5, 0.6) is 0 Å². The van der Waals surface area contributed by atoms with Gasteiger partial charge in [-0.2, -0.15) is 0 Å². The maximum atomic E-state index is 13.8. The first-order valence-corrected chi connectivity index (χ1v) is 7.09. The average molecular weight is 280 g/mol. The number of halogens is 1. The summed E-state index contributed by atoms with van der Waals surface area (Å²) in [6, 6.07) is 4.87. The molecule has 2 rings (SSSR count). The number of hydrogen-bond acceptors (Lipinski definition) is 2. The Morgan fingerprint density at radius 3 is 2.58 bits per heavy atom. The fraction of sp³-hybridized carbons (Fsp3) is 0.533. The monoisotopic (exact) mass is 280 g/mol. The number of rotatable bonds is 3.